The molecule has 1 atom stereocenters. The summed E-state index contributed by atoms with van der Waals surface area (Å²) in [4.78, 5) is 19.2. The molecule has 1 aliphatic rings. The molecule has 1 aliphatic heterocycles. The number of nitrogens with zero attached hydrogens (tertiary/aromatic N) is 2. The van der Waals surface area contributed by atoms with Gasteiger partial charge in [0.15, 0.2) is 5.13 Å². The molecule has 0 unspecified atom stereocenters. The lowest BCUT2D eigenvalue weighted by atomic mass is 10.1. The van der Waals surface area contributed by atoms with Crippen molar-refractivity contribution >= 4 is 34.1 Å². The Hall–Kier alpha value is -1.63. The van der Waals surface area contributed by atoms with E-state index < -0.39 is 6.10 Å². The Morgan fingerprint density at radius 2 is 2.38 bits per heavy atom. The molecule has 24 heavy (non-hydrogen) atoms. The molecule has 1 saturated heterocycles. The fraction of sp³-hybridized carbons (Fsp3) is 0.412. The Kier molecular flexibility index (Phi) is 5.38. The SMILES string of the molecule is Cc1ccc(Cc2cnc(NC(=O)N3CCC[C@H](O)C3)s2)cc1Cl. The molecule has 3 rings (SSSR count). The number of aliphatic hydroxyl groups is 1. The van der Waals surface area contributed by atoms with Gasteiger partial charge in [0, 0.05) is 35.6 Å². The fourth-order valence-corrected chi connectivity index (χ4v) is 3.74. The summed E-state index contributed by atoms with van der Waals surface area (Å²) in [6.45, 7) is 3.03. The van der Waals surface area contributed by atoms with Crippen molar-refractivity contribution in [3.05, 3.63) is 45.4 Å². The number of amides is 2. The highest BCUT2D eigenvalue weighted by atomic mass is 35.5. The van der Waals surface area contributed by atoms with Crippen molar-refractivity contribution in [3.8, 4) is 0 Å². The van der Waals surface area contributed by atoms with Crippen LogP contribution in [0.4, 0.5) is 9.93 Å². The quantitative estimate of drug-likeness (QED) is 0.871. The van der Waals surface area contributed by atoms with Crippen molar-refractivity contribution in [2.24, 2.45) is 0 Å². The van der Waals surface area contributed by atoms with Crippen LogP contribution in [-0.2, 0) is 6.42 Å². The molecule has 5 nitrogen and oxygen atoms in total. The van der Waals surface area contributed by atoms with Crippen molar-refractivity contribution in [2.75, 3.05) is 18.4 Å². The van der Waals surface area contributed by atoms with Crippen LogP contribution in [-0.4, -0.2) is 40.2 Å². The van der Waals surface area contributed by atoms with Crippen LogP contribution in [0.1, 0.15) is 28.8 Å². The molecule has 0 radical (unpaired) electrons. The van der Waals surface area contributed by atoms with Gasteiger partial charge < -0.3 is 10.0 Å². The van der Waals surface area contributed by atoms with Gasteiger partial charge in [0.25, 0.3) is 0 Å². The van der Waals surface area contributed by atoms with E-state index in [0.717, 1.165) is 40.3 Å². The molecular weight excluding hydrogens is 346 g/mol. The molecule has 1 fully saturated rings. The maximum atomic E-state index is 12.2. The molecule has 1 aromatic carbocycles. The minimum atomic E-state index is -0.428. The third kappa shape index (κ3) is 4.26. The summed E-state index contributed by atoms with van der Waals surface area (Å²) in [5, 5.41) is 13.8. The Morgan fingerprint density at radius 3 is 3.12 bits per heavy atom. The summed E-state index contributed by atoms with van der Waals surface area (Å²) >= 11 is 7.61. The Morgan fingerprint density at radius 1 is 1.54 bits per heavy atom. The highest BCUT2D eigenvalue weighted by Gasteiger charge is 2.22. The van der Waals surface area contributed by atoms with Crippen LogP contribution in [0.15, 0.2) is 24.4 Å². The number of anilines is 1. The number of urea groups is 1. The van der Waals surface area contributed by atoms with Crippen LogP contribution in [0.3, 0.4) is 0 Å². The summed E-state index contributed by atoms with van der Waals surface area (Å²) in [5.74, 6) is 0. The Labute approximate surface area is 150 Å². The van der Waals surface area contributed by atoms with Gasteiger partial charge in [-0.3, -0.25) is 5.32 Å². The number of hydrogen-bond acceptors (Lipinski definition) is 4. The largest absolute Gasteiger partial charge is 0.391 e. The minimum absolute atomic E-state index is 0.201. The predicted molar refractivity (Wildman–Crippen MR) is 96.9 cm³/mol. The number of likely N-dealkylation sites (tertiary alicyclic amines) is 1. The van der Waals surface area contributed by atoms with Gasteiger partial charge in [-0.1, -0.05) is 23.7 Å². The zero-order valence-electron chi connectivity index (χ0n) is 13.5. The number of β-amino-alcohol motifs (C(OH)–C–C–N with tert-alkyl or cyclic N) is 1. The Balaban J connectivity index is 1.60. The van der Waals surface area contributed by atoms with Crippen LogP contribution in [0.25, 0.3) is 0 Å². The number of carbonyl (C=O) groups is 1. The standard InChI is InChI=1S/C17H20ClN3O2S/c1-11-4-5-12(8-15(11)18)7-14-9-19-16(24-14)20-17(23)21-6-2-3-13(22)10-21/h4-5,8-9,13,22H,2-3,6-7,10H2,1H3,(H,19,20,23)/t13-/m0/s1. The fourth-order valence-electron chi connectivity index (χ4n) is 2.70. The smallest absolute Gasteiger partial charge is 0.323 e. The zero-order valence-corrected chi connectivity index (χ0v) is 15.0. The normalized spacial score (nSPS) is 17.8. The highest BCUT2D eigenvalue weighted by molar-refractivity contribution is 7.15. The summed E-state index contributed by atoms with van der Waals surface area (Å²) in [6, 6.07) is 5.81. The first kappa shape index (κ1) is 17.2. The molecule has 1 aromatic heterocycles. The molecule has 0 aliphatic carbocycles. The van der Waals surface area contributed by atoms with Crippen LogP contribution in [0, 0.1) is 6.92 Å². The third-order valence-corrected chi connectivity index (χ3v) is 5.39. The van der Waals surface area contributed by atoms with E-state index in [-0.39, 0.29) is 6.03 Å². The monoisotopic (exact) mass is 365 g/mol. The molecule has 128 valence electrons. The van der Waals surface area contributed by atoms with Crippen LogP contribution in [0.5, 0.6) is 0 Å². The maximum absolute atomic E-state index is 12.2. The predicted octanol–water partition coefficient (Wildman–Crippen LogP) is 3.68. The molecule has 0 spiro atoms. The van der Waals surface area contributed by atoms with E-state index in [1.165, 1.54) is 11.3 Å². The van der Waals surface area contributed by atoms with Crippen molar-refractivity contribution in [1.82, 2.24) is 9.88 Å². The first-order valence-corrected chi connectivity index (χ1v) is 9.14. The number of rotatable bonds is 3. The van der Waals surface area contributed by atoms with Crippen molar-refractivity contribution in [1.29, 1.82) is 0 Å². The molecule has 2 N–H and O–H groups in total. The lowest BCUT2D eigenvalue weighted by Crippen LogP contribution is -2.44. The van der Waals surface area contributed by atoms with E-state index in [0.29, 0.717) is 18.2 Å². The summed E-state index contributed by atoms with van der Waals surface area (Å²) < 4.78 is 0. The number of halogens is 1. The number of aryl methyl sites for hydroxylation is 1. The number of benzene rings is 1. The first-order chi connectivity index (χ1) is 11.5. The molecule has 0 bridgehead atoms. The number of thiazole rings is 1. The zero-order chi connectivity index (χ0) is 17.1. The number of nitrogens with one attached hydrogen (secondary N) is 1. The second kappa shape index (κ2) is 7.51. The average molecular weight is 366 g/mol. The topological polar surface area (TPSA) is 65.5 Å². The van der Waals surface area contributed by atoms with Gasteiger partial charge in [0.1, 0.15) is 0 Å². The summed E-state index contributed by atoms with van der Waals surface area (Å²) in [5.41, 5.74) is 2.17. The summed E-state index contributed by atoms with van der Waals surface area (Å²) in [6.07, 6.45) is 3.66. The van der Waals surface area contributed by atoms with Gasteiger partial charge >= 0.3 is 6.03 Å². The van der Waals surface area contributed by atoms with E-state index in [4.69, 9.17) is 11.6 Å². The molecule has 7 heteroatoms. The number of piperidine rings is 1. The van der Waals surface area contributed by atoms with Gasteiger partial charge in [0.05, 0.1) is 6.10 Å². The number of aliphatic hydroxyl groups excluding tert-OH is 1. The third-order valence-electron chi connectivity index (χ3n) is 4.07. The molecule has 2 aromatic rings. The van der Waals surface area contributed by atoms with Gasteiger partial charge in [-0.25, -0.2) is 9.78 Å². The van der Waals surface area contributed by atoms with E-state index in [9.17, 15) is 9.90 Å². The highest BCUT2D eigenvalue weighted by Crippen LogP contribution is 2.24. The lowest BCUT2D eigenvalue weighted by Gasteiger charge is -2.29. The van der Waals surface area contributed by atoms with E-state index >= 15 is 0 Å². The summed E-state index contributed by atoms with van der Waals surface area (Å²) in [7, 11) is 0. The second-order valence-electron chi connectivity index (χ2n) is 6.06. The van der Waals surface area contributed by atoms with Crippen molar-refractivity contribution < 1.29 is 9.90 Å². The maximum Gasteiger partial charge on any atom is 0.323 e. The van der Waals surface area contributed by atoms with Gasteiger partial charge in [-0.05, 0) is 37.0 Å². The second-order valence-corrected chi connectivity index (χ2v) is 7.59. The number of hydrogen-bond donors (Lipinski definition) is 2. The van der Waals surface area contributed by atoms with Gasteiger partial charge in [-0.15, -0.1) is 11.3 Å². The minimum Gasteiger partial charge on any atom is -0.391 e. The Bertz CT molecular complexity index is 734. The number of carbonyl (C=O) groups excluding carboxylic acids is 1. The van der Waals surface area contributed by atoms with Crippen molar-refractivity contribution in [3.63, 3.8) is 0 Å². The average Bonchev–Trinajstić information content (AvgIpc) is 2.98. The molecule has 0 saturated carbocycles. The molecule has 2 amide bonds. The van der Waals surface area contributed by atoms with E-state index in [1.807, 2.05) is 25.1 Å². The van der Waals surface area contributed by atoms with Crippen molar-refractivity contribution in [2.45, 2.75) is 32.3 Å². The van der Waals surface area contributed by atoms with Crippen LogP contribution in [0.2, 0.25) is 5.02 Å². The van der Waals surface area contributed by atoms with E-state index in [1.54, 1.807) is 11.1 Å². The number of aromatic nitrogens is 1. The van der Waals surface area contributed by atoms with E-state index in [2.05, 4.69) is 10.3 Å². The van der Waals surface area contributed by atoms with Gasteiger partial charge in [-0.2, -0.15) is 0 Å². The lowest BCUT2D eigenvalue weighted by molar-refractivity contribution is 0.0883. The molecular formula is C17H20ClN3O2S. The first-order valence-electron chi connectivity index (χ1n) is 7.95. The van der Waals surface area contributed by atoms with Crippen LogP contribution < -0.4 is 5.32 Å². The molecule has 2 heterocycles. The van der Waals surface area contributed by atoms with Gasteiger partial charge in [0.2, 0.25) is 0 Å². The van der Waals surface area contributed by atoms with Crippen LogP contribution >= 0.6 is 22.9 Å².